The molecular formula is C24H21N3O6. The fraction of sp³-hybridized carbons (Fsp3) is 0.167. The van der Waals surface area contributed by atoms with Crippen molar-refractivity contribution >= 4 is 28.4 Å². The summed E-state index contributed by atoms with van der Waals surface area (Å²) in [5.41, 5.74) is 3.82. The lowest BCUT2D eigenvalue weighted by molar-refractivity contribution is -0.385. The molecule has 4 aromatic rings. The van der Waals surface area contributed by atoms with E-state index in [4.69, 9.17) is 9.15 Å². The van der Waals surface area contributed by atoms with Gasteiger partial charge in [-0.15, -0.1) is 0 Å². The summed E-state index contributed by atoms with van der Waals surface area (Å²) in [6.45, 7) is 5.92. The van der Waals surface area contributed by atoms with Crippen molar-refractivity contribution in [3.05, 3.63) is 75.3 Å². The van der Waals surface area contributed by atoms with Gasteiger partial charge in [0.15, 0.2) is 11.3 Å². The molecule has 33 heavy (non-hydrogen) atoms. The number of nitrogens with zero attached hydrogens (tertiary/aromatic N) is 2. The van der Waals surface area contributed by atoms with E-state index in [1.54, 1.807) is 6.92 Å². The maximum Gasteiger partial charge on any atom is 0.311 e. The molecule has 0 aliphatic heterocycles. The molecule has 0 aliphatic carbocycles. The van der Waals surface area contributed by atoms with Gasteiger partial charge in [0, 0.05) is 17.3 Å². The molecule has 1 aromatic heterocycles. The first-order chi connectivity index (χ1) is 15.8. The summed E-state index contributed by atoms with van der Waals surface area (Å²) >= 11 is 0. The standard InChI is InChI=1S/C24H21N3O6/c1-4-32-21-8-5-15(11-19(21)27(30)31)23(29)25-16-6-7-20(28)17(12-16)24-26-18-9-13(2)14(3)10-22(18)33-24/h5-12,28H,4H2,1-3H3,(H,25,29). The third kappa shape index (κ3) is 4.33. The Kier molecular flexibility index (Phi) is 5.70. The van der Waals surface area contributed by atoms with Crippen LogP contribution in [0.25, 0.3) is 22.6 Å². The van der Waals surface area contributed by atoms with E-state index < -0.39 is 10.8 Å². The second-order valence-electron chi connectivity index (χ2n) is 7.48. The number of aromatic hydroxyl groups is 1. The maximum atomic E-state index is 12.7. The van der Waals surface area contributed by atoms with E-state index in [-0.39, 0.29) is 35.2 Å². The van der Waals surface area contributed by atoms with Gasteiger partial charge in [-0.1, -0.05) is 0 Å². The van der Waals surface area contributed by atoms with Gasteiger partial charge in [0.2, 0.25) is 5.89 Å². The van der Waals surface area contributed by atoms with E-state index in [9.17, 15) is 20.0 Å². The van der Waals surface area contributed by atoms with Crippen LogP contribution in [0, 0.1) is 24.0 Å². The van der Waals surface area contributed by atoms with E-state index in [2.05, 4.69) is 10.3 Å². The highest BCUT2D eigenvalue weighted by atomic mass is 16.6. The van der Waals surface area contributed by atoms with Crippen molar-refractivity contribution in [2.45, 2.75) is 20.8 Å². The number of oxazole rings is 1. The Labute approximate surface area is 188 Å². The normalized spacial score (nSPS) is 10.9. The summed E-state index contributed by atoms with van der Waals surface area (Å²) in [6.07, 6.45) is 0. The summed E-state index contributed by atoms with van der Waals surface area (Å²) in [5, 5.41) is 24.4. The Morgan fingerprint density at radius 1 is 1.15 bits per heavy atom. The number of fused-ring (bicyclic) bond motifs is 1. The molecule has 0 fully saturated rings. The van der Waals surface area contributed by atoms with Crippen molar-refractivity contribution in [3.63, 3.8) is 0 Å². The SMILES string of the molecule is CCOc1ccc(C(=O)Nc2ccc(O)c(-c3nc4cc(C)c(C)cc4o3)c2)cc1[N+](=O)[O-]. The number of nitro groups is 1. The number of benzene rings is 3. The van der Waals surface area contributed by atoms with Crippen LogP contribution in [0.2, 0.25) is 0 Å². The topological polar surface area (TPSA) is 128 Å². The van der Waals surface area contributed by atoms with Crippen LogP contribution in [0.1, 0.15) is 28.4 Å². The van der Waals surface area contributed by atoms with Crippen molar-refractivity contribution in [1.82, 2.24) is 4.98 Å². The number of carbonyl (C=O) groups excluding carboxylic acids is 1. The van der Waals surface area contributed by atoms with E-state index in [1.165, 1.54) is 30.3 Å². The van der Waals surface area contributed by atoms with Gasteiger partial charge < -0.3 is 19.6 Å². The van der Waals surface area contributed by atoms with Crippen LogP contribution in [-0.4, -0.2) is 27.5 Å². The van der Waals surface area contributed by atoms with Crippen molar-refractivity contribution in [2.24, 2.45) is 0 Å². The summed E-state index contributed by atoms with van der Waals surface area (Å²) < 4.78 is 11.1. The van der Waals surface area contributed by atoms with E-state index >= 15 is 0 Å². The maximum absolute atomic E-state index is 12.7. The lowest BCUT2D eigenvalue weighted by Crippen LogP contribution is -2.12. The molecule has 1 amide bonds. The van der Waals surface area contributed by atoms with Crippen LogP contribution in [0.4, 0.5) is 11.4 Å². The van der Waals surface area contributed by atoms with Crippen LogP contribution in [0.15, 0.2) is 52.9 Å². The molecule has 0 atom stereocenters. The van der Waals surface area contributed by atoms with Gasteiger partial charge in [-0.25, -0.2) is 4.98 Å². The predicted octanol–water partition coefficient (Wildman–Crippen LogP) is 5.38. The van der Waals surface area contributed by atoms with Gasteiger partial charge >= 0.3 is 5.69 Å². The lowest BCUT2D eigenvalue weighted by atomic mass is 10.1. The molecule has 0 radical (unpaired) electrons. The number of rotatable bonds is 6. The summed E-state index contributed by atoms with van der Waals surface area (Å²) in [7, 11) is 0. The van der Waals surface area contributed by atoms with Crippen LogP contribution in [0.5, 0.6) is 11.5 Å². The number of phenolic OH excluding ortho intramolecular Hbond substituents is 1. The number of aromatic nitrogens is 1. The first-order valence-electron chi connectivity index (χ1n) is 10.2. The number of aryl methyl sites for hydroxylation is 2. The predicted molar refractivity (Wildman–Crippen MR) is 123 cm³/mol. The van der Waals surface area contributed by atoms with E-state index in [1.807, 2.05) is 26.0 Å². The Morgan fingerprint density at radius 3 is 2.64 bits per heavy atom. The third-order valence-electron chi connectivity index (χ3n) is 5.21. The third-order valence-corrected chi connectivity index (χ3v) is 5.21. The fourth-order valence-corrected chi connectivity index (χ4v) is 3.36. The number of carbonyl (C=O) groups is 1. The molecule has 3 aromatic carbocycles. The lowest BCUT2D eigenvalue weighted by Gasteiger charge is -2.09. The number of anilines is 1. The number of nitro benzene ring substituents is 1. The minimum atomic E-state index is -0.600. The van der Waals surface area contributed by atoms with Crippen LogP contribution < -0.4 is 10.1 Å². The molecule has 0 spiro atoms. The summed E-state index contributed by atoms with van der Waals surface area (Å²) in [4.78, 5) is 27.9. The minimum absolute atomic E-state index is 0.0651. The highest BCUT2D eigenvalue weighted by Gasteiger charge is 2.20. The Balaban J connectivity index is 1.64. The Bertz CT molecular complexity index is 1350. The monoisotopic (exact) mass is 447 g/mol. The number of phenols is 1. The van der Waals surface area contributed by atoms with Gasteiger partial charge in [-0.3, -0.25) is 14.9 Å². The number of nitrogens with one attached hydrogen (secondary N) is 1. The zero-order valence-corrected chi connectivity index (χ0v) is 18.2. The molecule has 9 heteroatoms. The fourth-order valence-electron chi connectivity index (χ4n) is 3.36. The smallest absolute Gasteiger partial charge is 0.311 e. The van der Waals surface area contributed by atoms with Crippen LogP contribution >= 0.6 is 0 Å². The van der Waals surface area contributed by atoms with Gasteiger partial charge in [-0.2, -0.15) is 0 Å². The molecule has 0 unspecified atom stereocenters. The molecule has 2 N–H and O–H groups in total. The second-order valence-corrected chi connectivity index (χ2v) is 7.48. The molecule has 0 saturated carbocycles. The van der Waals surface area contributed by atoms with Crippen molar-refractivity contribution in [1.29, 1.82) is 0 Å². The average Bonchev–Trinajstić information content (AvgIpc) is 3.18. The van der Waals surface area contributed by atoms with E-state index in [0.29, 0.717) is 22.4 Å². The van der Waals surface area contributed by atoms with Gasteiger partial charge in [0.05, 0.1) is 17.1 Å². The summed E-state index contributed by atoms with van der Waals surface area (Å²) in [6, 6.07) is 12.2. The van der Waals surface area contributed by atoms with Crippen molar-refractivity contribution in [2.75, 3.05) is 11.9 Å². The zero-order chi connectivity index (χ0) is 23.7. The average molecular weight is 447 g/mol. The molecule has 0 bridgehead atoms. The molecular weight excluding hydrogens is 426 g/mol. The minimum Gasteiger partial charge on any atom is -0.507 e. The summed E-state index contributed by atoms with van der Waals surface area (Å²) in [5.74, 6) is -0.320. The molecule has 9 nitrogen and oxygen atoms in total. The molecule has 168 valence electrons. The van der Waals surface area contributed by atoms with Gasteiger partial charge in [0.25, 0.3) is 5.91 Å². The zero-order valence-electron chi connectivity index (χ0n) is 18.2. The van der Waals surface area contributed by atoms with Gasteiger partial charge in [-0.05, 0) is 74.4 Å². The molecule has 1 heterocycles. The van der Waals surface area contributed by atoms with Crippen molar-refractivity contribution in [3.8, 4) is 23.0 Å². The molecule has 4 rings (SSSR count). The Hall–Kier alpha value is -4.40. The second kappa shape index (κ2) is 8.62. The Morgan fingerprint density at radius 2 is 1.91 bits per heavy atom. The first-order valence-corrected chi connectivity index (χ1v) is 10.2. The molecule has 0 aliphatic rings. The molecule has 0 saturated heterocycles. The van der Waals surface area contributed by atoms with Crippen LogP contribution in [-0.2, 0) is 0 Å². The largest absolute Gasteiger partial charge is 0.507 e. The number of hydrogen-bond acceptors (Lipinski definition) is 7. The number of ether oxygens (including phenoxy) is 1. The quantitative estimate of drug-likeness (QED) is 0.231. The first kappa shape index (κ1) is 21.8. The number of hydrogen-bond donors (Lipinski definition) is 2. The number of amides is 1. The van der Waals surface area contributed by atoms with Crippen molar-refractivity contribution < 1.29 is 24.0 Å². The highest BCUT2D eigenvalue weighted by molar-refractivity contribution is 6.05. The highest BCUT2D eigenvalue weighted by Crippen LogP contribution is 2.34. The van der Waals surface area contributed by atoms with Gasteiger partial charge in [0.1, 0.15) is 11.3 Å². The van der Waals surface area contributed by atoms with Crippen LogP contribution in [0.3, 0.4) is 0 Å². The van der Waals surface area contributed by atoms with E-state index in [0.717, 1.165) is 17.2 Å².